The highest BCUT2D eigenvalue weighted by Crippen LogP contribution is 2.14. The molecule has 0 saturated heterocycles. The van der Waals surface area contributed by atoms with Crippen molar-refractivity contribution in [2.45, 2.75) is 20.3 Å². The van der Waals surface area contributed by atoms with Crippen molar-refractivity contribution < 1.29 is 19.1 Å². The van der Waals surface area contributed by atoms with E-state index in [1.165, 1.54) is 10.9 Å². The van der Waals surface area contributed by atoms with Gasteiger partial charge in [0.1, 0.15) is 12.1 Å². The van der Waals surface area contributed by atoms with Crippen LogP contribution in [-0.4, -0.2) is 35.1 Å². The van der Waals surface area contributed by atoms with Crippen LogP contribution in [0, 0.1) is 6.92 Å². The van der Waals surface area contributed by atoms with Gasteiger partial charge in [0.15, 0.2) is 5.69 Å². The quantitative estimate of drug-likeness (QED) is 0.792. The standard InChI is InChI=1S/C16H18N2O4/c1-4-22-16(20)15-11(2)17-10-18(15)14(19)9-12-5-7-13(21-3)8-6-12/h5-8,10H,4,9H2,1-3H3. The topological polar surface area (TPSA) is 70.4 Å². The second-order valence-electron chi connectivity index (χ2n) is 4.69. The van der Waals surface area contributed by atoms with Crippen molar-refractivity contribution in [2.75, 3.05) is 13.7 Å². The summed E-state index contributed by atoms with van der Waals surface area (Å²) in [7, 11) is 1.58. The zero-order valence-corrected chi connectivity index (χ0v) is 12.8. The maximum Gasteiger partial charge on any atom is 0.357 e. The normalized spacial score (nSPS) is 10.3. The first-order valence-corrected chi connectivity index (χ1v) is 6.94. The zero-order valence-electron chi connectivity index (χ0n) is 12.8. The largest absolute Gasteiger partial charge is 0.497 e. The van der Waals surface area contributed by atoms with Crippen LogP contribution >= 0.6 is 0 Å². The number of hydrogen-bond acceptors (Lipinski definition) is 5. The number of rotatable bonds is 5. The van der Waals surface area contributed by atoms with E-state index < -0.39 is 5.97 Å². The van der Waals surface area contributed by atoms with E-state index in [4.69, 9.17) is 9.47 Å². The molecule has 0 aliphatic carbocycles. The first kappa shape index (κ1) is 15.8. The van der Waals surface area contributed by atoms with Gasteiger partial charge in [-0.2, -0.15) is 0 Å². The van der Waals surface area contributed by atoms with Crippen LogP contribution in [0.2, 0.25) is 0 Å². The summed E-state index contributed by atoms with van der Waals surface area (Å²) >= 11 is 0. The van der Waals surface area contributed by atoms with Gasteiger partial charge >= 0.3 is 5.97 Å². The monoisotopic (exact) mass is 302 g/mol. The molecule has 0 amide bonds. The Labute approximate surface area is 128 Å². The lowest BCUT2D eigenvalue weighted by Gasteiger charge is -2.08. The number of carbonyl (C=O) groups excluding carboxylic acids is 2. The van der Waals surface area contributed by atoms with Crippen molar-refractivity contribution in [3.05, 3.63) is 47.5 Å². The Bertz CT molecular complexity index is 674. The lowest BCUT2D eigenvalue weighted by Crippen LogP contribution is -2.20. The third kappa shape index (κ3) is 3.33. The Morgan fingerprint density at radius 3 is 2.50 bits per heavy atom. The van der Waals surface area contributed by atoms with Crippen LogP contribution in [0.5, 0.6) is 5.75 Å². The number of aryl methyl sites for hydroxylation is 1. The number of aromatic nitrogens is 2. The lowest BCUT2D eigenvalue weighted by atomic mass is 10.1. The number of carbonyl (C=O) groups is 2. The SMILES string of the molecule is CCOC(=O)c1c(C)ncn1C(=O)Cc1ccc(OC)cc1. The predicted octanol–water partition coefficient (Wildman–Crippen LogP) is 2.26. The Morgan fingerprint density at radius 2 is 1.91 bits per heavy atom. The average Bonchev–Trinajstić information content (AvgIpc) is 2.90. The fourth-order valence-electron chi connectivity index (χ4n) is 2.08. The molecule has 22 heavy (non-hydrogen) atoms. The molecule has 6 heteroatoms. The summed E-state index contributed by atoms with van der Waals surface area (Å²) in [4.78, 5) is 28.4. The number of esters is 1. The Hall–Kier alpha value is -2.63. The molecule has 0 aliphatic heterocycles. The summed E-state index contributed by atoms with van der Waals surface area (Å²) in [6.45, 7) is 3.63. The van der Waals surface area contributed by atoms with Gasteiger partial charge < -0.3 is 9.47 Å². The smallest absolute Gasteiger partial charge is 0.357 e. The molecule has 0 radical (unpaired) electrons. The molecular formula is C16H18N2O4. The van der Waals surface area contributed by atoms with Gasteiger partial charge in [-0.25, -0.2) is 9.78 Å². The highest BCUT2D eigenvalue weighted by molar-refractivity contribution is 5.95. The van der Waals surface area contributed by atoms with Crippen molar-refractivity contribution in [2.24, 2.45) is 0 Å². The summed E-state index contributed by atoms with van der Waals surface area (Å²) < 4.78 is 11.3. The molecular weight excluding hydrogens is 284 g/mol. The summed E-state index contributed by atoms with van der Waals surface area (Å²) in [5.41, 5.74) is 1.48. The first-order valence-electron chi connectivity index (χ1n) is 6.94. The van der Waals surface area contributed by atoms with Crippen molar-refractivity contribution in [1.82, 2.24) is 9.55 Å². The van der Waals surface area contributed by atoms with Crippen molar-refractivity contribution >= 4 is 11.9 Å². The lowest BCUT2D eigenvalue weighted by molar-refractivity contribution is 0.0507. The Kier molecular flexibility index (Phi) is 4.93. The van der Waals surface area contributed by atoms with Gasteiger partial charge in [-0.05, 0) is 31.5 Å². The molecule has 0 fully saturated rings. The van der Waals surface area contributed by atoms with Crippen LogP contribution in [0.1, 0.15) is 33.5 Å². The molecule has 0 spiro atoms. The molecule has 2 rings (SSSR count). The number of hydrogen-bond donors (Lipinski definition) is 0. The average molecular weight is 302 g/mol. The van der Waals surface area contributed by atoms with Crippen LogP contribution in [-0.2, 0) is 11.2 Å². The number of ether oxygens (including phenoxy) is 2. The molecule has 1 heterocycles. The van der Waals surface area contributed by atoms with E-state index in [1.54, 1.807) is 33.1 Å². The van der Waals surface area contributed by atoms with Crippen LogP contribution in [0.15, 0.2) is 30.6 Å². The van der Waals surface area contributed by atoms with E-state index in [0.717, 1.165) is 11.3 Å². The van der Waals surface area contributed by atoms with E-state index in [2.05, 4.69) is 4.98 Å². The van der Waals surface area contributed by atoms with E-state index in [0.29, 0.717) is 5.69 Å². The highest BCUT2D eigenvalue weighted by Gasteiger charge is 2.21. The number of imidazole rings is 1. The van der Waals surface area contributed by atoms with E-state index in [9.17, 15) is 9.59 Å². The molecule has 0 unspecified atom stereocenters. The number of benzene rings is 1. The fourth-order valence-corrected chi connectivity index (χ4v) is 2.08. The molecule has 0 bridgehead atoms. The maximum atomic E-state index is 12.4. The van der Waals surface area contributed by atoms with Gasteiger partial charge in [0.2, 0.25) is 5.91 Å². The minimum absolute atomic E-state index is 0.159. The summed E-state index contributed by atoms with van der Waals surface area (Å²) in [6, 6.07) is 7.19. The third-order valence-electron chi connectivity index (χ3n) is 3.20. The molecule has 0 aliphatic rings. The second kappa shape index (κ2) is 6.89. The number of nitrogens with zero attached hydrogens (tertiary/aromatic N) is 2. The van der Waals surface area contributed by atoms with Crippen LogP contribution in [0.25, 0.3) is 0 Å². The fraction of sp³-hybridized carbons (Fsp3) is 0.312. The third-order valence-corrected chi connectivity index (χ3v) is 3.20. The minimum Gasteiger partial charge on any atom is -0.497 e. The van der Waals surface area contributed by atoms with Gasteiger partial charge in [0.05, 0.1) is 25.8 Å². The highest BCUT2D eigenvalue weighted by atomic mass is 16.5. The molecule has 116 valence electrons. The molecule has 0 saturated carbocycles. The van der Waals surface area contributed by atoms with Crippen molar-refractivity contribution in [3.8, 4) is 5.75 Å². The van der Waals surface area contributed by atoms with Crippen LogP contribution in [0.4, 0.5) is 0 Å². The predicted molar refractivity (Wildman–Crippen MR) is 80.2 cm³/mol. The Morgan fingerprint density at radius 1 is 1.23 bits per heavy atom. The van der Waals surface area contributed by atoms with E-state index in [1.807, 2.05) is 12.1 Å². The van der Waals surface area contributed by atoms with Gasteiger partial charge in [0, 0.05) is 0 Å². The van der Waals surface area contributed by atoms with E-state index >= 15 is 0 Å². The number of methoxy groups -OCH3 is 1. The minimum atomic E-state index is -0.541. The zero-order chi connectivity index (χ0) is 16.1. The van der Waals surface area contributed by atoms with Crippen molar-refractivity contribution in [3.63, 3.8) is 0 Å². The Balaban J connectivity index is 2.20. The summed E-state index contributed by atoms with van der Waals surface area (Å²) in [6.07, 6.45) is 1.51. The molecule has 1 aromatic heterocycles. The van der Waals surface area contributed by atoms with Gasteiger partial charge in [-0.1, -0.05) is 12.1 Å². The van der Waals surface area contributed by atoms with Gasteiger partial charge in [-0.3, -0.25) is 9.36 Å². The molecule has 1 aromatic carbocycles. The first-order chi connectivity index (χ1) is 10.6. The van der Waals surface area contributed by atoms with E-state index in [-0.39, 0.29) is 24.6 Å². The molecule has 0 atom stereocenters. The summed E-state index contributed by atoms with van der Waals surface area (Å²) in [5.74, 6) is -0.0590. The van der Waals surface area contributed by atoms with Crippen molar-refractivity contribution in [1.29, 1.82) is 0 Å². The molecule has 6 nitrogen and oxygen atoms in total. The molecule has 0 N–H and O–H groups in total. The maximum absolute atomic E-state index is 12.4. The van der Waals surface area contributed by atoms with Gasteiger partial charge in [-0.15, -0.1) is 0 Å². The van der Waals surface area contributed by atoms with Crippen LogP contribution in [0.3, 0.4) is 0 Å². The van der Waals surface area contributed by atoms with Crippen LogP contribution < -0.4 is 4.74 Å². The summed E-state index contributed by atoms with van der Waals surface area (Å²) in [5, 5.41) is 0. The van der Waals surface area contributed by atoms with Gasteiger partial charge in [0.25, 0.3) is 0 Å². The molecule has 2 aromatic rings. The second-order valence-corrected chi connectivity index (χ2v) is 4.69.